The lowest BCUT2D eigenvalue weighted by molar-refractivity contribution is -0.873. The van der Waals surface area contributed by atoms with Crippen molar-refractivity contribution in [2.24, 2.45) is 0 Å². The predicted molar refractivity (Wildman–Crippen MR) is 178 cm³/mol. The van der Waals surface area contributed by atoms with Gasteiger partial charge >= 0.3 is 0 Å². The van der Waals surface area contributed by atoms with E-state index in [1.165, 1.54) is 33.8 Å². The van der Waals surface area contributed by atoms with Crippen LogP contribution in [0, 0.1) is 0 Å². The van der Waals surface area contributed by atoms with Gasteiger partial charge in [-0.15, -0.1) is 28.3 Å². The first-order valence-corrected chi connectivity index (χ1v) is 14.3. The first kappa shape index (κ1) is 29.5. The van der Waals surface area contributed by atoms with E-state index in [1.54, 1.807) is 0 Å². The fourth-order valence-corrected chi connectivity index (χ4v) is 5.52. The molecule has 5 rings (SSSR count). The molecule has 40 heavy (non-hydrogen) atoms. The largest absolute Gasteiger partial charge is 0.331 e. The zero-order valence-electron chi connectivity index (χ0n) is 23.5. The highest BCUT2D eigenvalue weighted by atomic mass is 79.9. The van der Waals surface area contributed by atoms with Crippen molar-refractivity contribution < 1.29 is 9.05 Å². The number of benzene rings is 3. The van der Waals surface area contributed by atoms with Crippen LogP contribution in [0.4, 0.5) is 17.1 Å². The molecule has 0 unspecified atom stereocenters. The Morgan fingerprint density at radius 2 is 1.25 bits per heavy atom. The Labute approximate surface area is 253 Å². The van der Waals surface area contributed by atoms with Crippen LogP contribution < -0.4 is 9.47 Å². The third-order valence-corrected chi connectivity index (χ3v) is 7.77. The summed E-state index contributed by atoms with van der Waals surface area (Å²) in [6.45, 7) is 2.23. The van der Waals surface area contributed by atoms with E-state index in [9.17, 15) is 0 Å². The Hall–Kier alpha value is -3.51. The molecule has 2 aromatic heterocycles. The van der Waals surface area contributed by atoms with E-state index in [4.69, 9.17) is 0 Å². The number of rotatable bonds is 10. The molecule has 3 nitrogen and oxygen atoms in total. The summed E-state index contributed by atoms with van der Waals surface area (Å²) in [6, 6.07) is 38.7. The van der Waals surface area contributed by atoms with Crippen molar-refractivity contribution in [3.05, 3.63) is 132 Å². The maximum atomic E-state index is 2.29. The predicted octanol–water partition coefficient (Wildman–Crippen LogP) is 9.02. The Balaban J connectivity index is 0.00000370. The summed E-state index contributed by atoms with van der Waals surface area (Å²) in [5.41, 5.74) is 5.90. The molecule has 2 heterocycles. The highest BCUT2D eigenvalue weighted by Crippen LogP contribution is 2.36. The minimum atomic E-state index is 0. The van der Waals surface area contributed by atoms with Crippen LogP contribution >= 0.6 is 28.3 Å². The summed E-state index contributed by atoms with van der Waals surface area (Å²) in [4.78, 5) is 4.82. The van der Waals surface area contributed by atoms with Crippen molar-refractivity contribution in [1.82, 2.24) is 0 Å². The van der Waals surface area contributed by atoms with Crippen molar-refractivity contribution >= 4 is 57.5 Å². The molecular formula is C35H38BrN3S+2. The van der Waals surface area contributed by atoms with Crippen LogP contribution in [0.2, 0.25) is 0 Å². The van der Waals surface area contributed by atoms with Gasteiger partial charge in [-0.25, -0.2) is 4.57 Å². The lowest BCUT2D eigenvalue weighted by Crippen LogP contribution is -2.39. The number of thiophene rings is 1. The molecule has 0 aliphatic heterocycles. The van der Waals surface area contributed by atoms with E-state index < -0.39 is 0 Å². The normalized spacial score (nSPS) is 11.4. The molecule has 0 fully saturated rings. The molecule has 0 aliphatic rings. The number of halogens is 1. The number of para-hydroxylation sites is 2. The zero-order valence-corrected chi connectivity index (χ0v) is 26.0. The van der Waals surface area contributed by atoms with Crippen molar-refractivity contribution in [1.29, 1.82) is 0 Å². The monoisotopic (exact) mass is 611 g/mol. The van der Waals surface area contributed by atoms with E-state index in [-0.39, 0.29) is 17.0 Å². The van der Waals surface area contributed by atoms with Gasteiger partial charge in [0.05, 0.1) is 34.1 Å². The zero-order chi connectivity index (χ0) is 27.1. The van der Waals surface area contributed by atoms with Crippen LogP contribution in [0.1, 0.15) is 16.9 Å². The first-order chi connectivity index (χ1) is 18.9. The van der Waals surface area contributed by atoms with E-state index in [1.807, 2.05) is 11.3 Å². The number of anilines is 3. The van der Waals surface area contributed by atoms with Crippen molar-refractivity contribution in [2.75, 3.05) is 32.6 Å². The van der Waals surface area contributed by atoms with E-state index in [0.717, 1.165) is 28.1 Å². The fraction of sp³-hybridized carbons (Fsp3) is 0.171. The topological polar surface area (TPSA) is 7.12 Å². The second-order valence-electron chi connectivity index (χ2n) is 10.8. The van der Waals surface area contributed by atoms with Gasteiger partial charge in [0.2, 0.25) is 0 Å². The van der Waals surface area contributed by atoms with Crippen molar-refractivity contribution in [3.8, 4) is 10.4 Å². The molecule has 0 radical (unpaired) electrons. The molecule has 0 saturated carbocycles. The second kappa shape index (κ2) is 13.7. The van der Waals surface area contributed by atoms with Crippen molar-refractivity contribution in [3.63, 3.8) is 0 Å². The fourth-order valence-electron chi connectivity index (χ4n) is 4.61. The van der Waals surface area contributed by atoms with Gasteiger partial charge in [0.25, 0.3) is 0 Å². The van der Waals surface area contributed by atoms with Gasteiger partial charge in [-0.1, -0.05) is 54.6 Å². The number of hydrogen-bond donors (Lipinski definition) is 0. The molecule has 0 saturated heterocycles. The average molecular weight is 613 g/mol. The summed E-state index contributed by atoms with van der Waals surface area (Å²) >= 11 is 1.82. The maximum absolute atomic E-state index is 2.29. The quantitative estimate of drug-likeness (QED) is 0.113. The summed E-state index contributed by atoms with van der Waals surface area (Å²) in [7, 11) is 6.74. The molecule has 5 aromatic rings. The molecule has 0 atom stereocenters. The lowest BCUT2D eigenvalue weighted by atomic mass is 10.1. The number of hydrogen-bond acceptors (Lipinski definition) is 2. The summed E-state index contributed by atoms with van der Waals surface area (Å²) < 4.78 is 3.28. The number of aromatic nitrogens is 1. The smallest absolute Gasteiger partial charge is 0.169 e. The minimum absolute atomic E-state index is 0. The van der Waals surface area contributed by atoms with Gasteiger partial charge in [0.15, 0.2) is 18.9 Å². The van der Waals surface area contributed by atoms with Gasteiger partial charge in [0.1, 0.15) is 0 Å². The standard InChI is InChI=1S/C35H37N3S.BrH/c1-38(2,3)28-10-25-36-26-23-29(24-27-36)15-20-34-21-22-35(39-34)30-16-18-33(19-17-30)37(31-11-6-4-7-12-31)32-13-8-5-9-14-32;/h4-9,11-24,26-27H,10,25,28H2,1-3H3;1H/q+2;. The van der Waals surface area contributed by atoms with Crippen LogP contribution in [0.5, 0.6) is 0 Å². The lowest BCUT2D eigenvalue weighted by Gasteiger charge is -2.25. The number of aryl methyl sites for hydroxylation is 1. The summed E-state index contributed by atoms with van der Waals surface area (Å²) in [5, 5.41) is 0. The average Bonchev–Trinajstić information content (AvgIpc) is 3.43. The second-order valence-corrected chi connectivity index (χ2v) is 11.9. The van der Waals surface area contributed by atoms with Crippen LogP contribution in [0.25, 0.3) is 22.6 Å². The molecule has 5 heteroatoms. The van der Waals surface area contributed by atoms with Gasteiger partial charge in [-0.05, 0) is 65.7 Å². The molecule has 3 aromatic carbocycles. The molecule has 204 valence electrons. The highest BCUT2D eigenvalue weighted by Gasteiger charge is 2.12. The first-order valence-electron chi connectivity index (χ1n) is 13.5. The molecule has 0 spiro atoms. The molecular weight excluding hydrogens is 574 g/mol. The molecule has 0 N–H and O–H groups in total. The minimum Gasteiger partial charge on any atom is -0.331 e. The Morgan fingerprint density at radius 3 is 1.82 bits per heavy atom. The SMILES string of the molecule is Br.C[N+](C)(C)CCC[n+]1ccc(/C=C/c2ccc(-c3ccc(N(c4ccccc4)c4ccccc4)cc3)s2)cc1. The molecule has 0 aliphatic carbocycles. The Morgan fingerprint density at radius 1 is 0.675 bits per heavy atom. The third kappa shape index (κ3) is 8.01. The van der Waals surface area contributed by atoms with Crippen molar-refractivity contribution in [2.45, 2.75) is 13.0 Å². The number of quaternary nitrogens is 1. The van der Waals surface area contributed by atoms with E-state index >= 15 is 0 Å². The third-order valence-electron chi connectivity index (χ3n) is 6.67. The van der Waals surface area contributed by atoms with Gasteiger partial charge in [0, 0.05) is 38.9 Å². The van der Waals surface area contributed by atoms with E-state index in [0.29, 0.717) is 0 Å². The van der Waals surface area contributed by atoms with E-state index in [2.05, 4.69) is 164 Å². The van der Waals surface area contributed by atoms with Crippen LogP contribution in [-0.4, -0.2) is 32.2 Å². The number of pyridine rings is 1. The maximum Gasteiger partial charge on any atom is 0.169 e. The van der Waals surface area contributed by atoms with Gasteiger partial charge in [-0.3, -0.25) is 0 Å². The van der Waals surface area contributed by atoms with Crippen LogP contribution in [-0.2, 0) is 6.54 Å². The molecule has 0 amide bonds. The number of nitrogens with zero attached hydrogens (tertiary/aromatic N) is 3. The van der Waals surface area contributed by atoms with Gasteiger partial charge < -0.3 is 9.38 Å². The summed E-state index contributed by atoms with van der Waals surface area (Å²) in [6.07, 6.45) is 9.97. The molecule has 0 bridgehead atoms. The summed E-state index contributed by atoms with van der Waals surface area (Å²) in [5.74, 6) is 0. The van der Waals surface area contributed by atoms with Crippen LogP contribution in [0.15, 0.2) is 122 Å². The highest BCUT2D eigenvalue weighted by molar-refractivity contribution is 8.93. The Bertz CT molecular complexity index is 1450. The van der Waals surface area contributed by atoms with Crippen LogP contribution in [0.3, 0.4) is 0 Å². The Kier molecular flexibility index (Phi) is 10.1. The van der Waals surface area contributed by atoms with Gasteiger partial charge in [-0.2, -0.15) is 0 Å².